The Balaban J connectivity index is -0.000000105. The maximum Gasteiger partial charge on any atom is 4.00 e. The first kappa shape index (κ1) is 40.6. The third-order valence-electron chi connectivity index (χ3n) is 1.98. The Bertz CT molecular complexity index is 453. The fourth-order valence-corrected chi connectivity index (χ4v) is 0.805. The molecule has 0 aromatic heterocycles. The van der Waals surface area contributed by atoms with E-state index in [0.29, 0.717) is 0 Å². The van der Waals surface area contributed by atoms with E-state index in [4.69, 9.17) is 0 Å². The summed E-state index contributed by atoms with van der Waals surface area (Å²) in [5.41, 5.74) is 0. The molecule has 0 aliphatic carbocycles. The van der Waals surface area contributed by atoms with Crippen LogP contribution < -0.4 is 20.4 Å². The summed E-state index contributed by atoms with van der Waals surface area (Å²) in [4.78, 5) is 40.4. The minimum Gasteiger partial charge on any atom is -0.852 e. The van der Waals surface area contributed by atoms with Crippen LogP contribution in [0.1, 0.15) is 0 Å². The normalized spacial score (nSPS) is 7.88. The van der Waals surface area contributed by atoms with Gasteiger partial charge in [0.1, 0.15) is 0 Å². The number of esters is 4. The van der Waals surface area contributed by atoms with Gasteiger partial charge in [-0.05, 0) is 0 Å². The Labute approximate surface area is 205 Å². The van der Waals surface area contributed by atoms with Gasteiger partial charge in [-0.2, -0.15) is 0 Å². The molecular weight excluding hydrogens is 533 g/mol. The van der Waals surface area contributed by atoms with Crippen LogP contribution in [-0.4, -0.2) is 76.7 Å². The molecule has 0 radical (unpaired) electrons. The quantitative estimate of drug-likeness (QED) is 0.0980. The number of carbonyl (C=O) groups excluding carboxylic acids is 4. The van der Waals surface area contributed by atoms with Crippen LogP contribution in [0.4, 0.5) is 0 Å². The van der Waals surface area contributed by atoms with E-state index in [1.807, 2.05) is 0 Å². The van der Waals surface area contributed by atoms with Crippen LogP contribution in [0.15, 0.2) is 50.6 Å². The predicted molar refractivity (Wildman–Crippen MR) is 104 cm³/mol. The van der Waals surface area contributed by atoms with Crippen molar-refractivity contribution < 1.29 is 78.0 Å². The van der Waals surface area contributed by atoms with Crippen LogP contribution >= 0.6 is 0 Å². The van der Waals surface area contributed by atoms with Gasteiger partial charge < -0.3 is 39.4 Å². The summed E-state index contributed by atoms with van der Waals surface area (Å²) in [6, 6.07) is 0. The zero-order valence-electron chi connectivity index (χ0n) is 18.0. The smallest absolute Gasteiger partial charge is 0.852 e. The Morgan fingerprint density at radius 2 is 0.636 bits per heavy atom. The van der Waals surface area contributed by atoms with E-state index in [1.165, 1.54) is 0 Å². The molecule has 0 spiro atoms. The van der Waals surface area contributed by atoms with Crippen LogP contribution in [0.2, 0.25) is 0 Å². The molecule has 0 aromatic carbocycles. The maximum absolute atomic E-state index is 10.1. The number of ether oxygens (including phenoxy) is 4. The molecule has 33 heavy (non-hydrogen) atoms. The van der Waals surface area contributed by atoms with Crippen molar-refractivity contribution in [3.8, 4) is 0 Å². The van der Waals surface area contributed by atoms with Crippen LogP contribution in [-0.2, 0) is 57.6 Å². The number of carbonyl (C=O) groups is 4. The average Bonchev–Trinajstić information content (AvgIpc) is 2.83. The van der Waals surface area contributed by atoms with Gasteiger partial charge in [0.05, 0.1) is 26.4 Å². The second kappa shape index (κ2) is 36.7. The Morgan fingerprint density at radius 3 is 0.727 bits per heavy atom. The summed E-state index contributed by atoms with van der Waals surface area (Å²) in [6.07, 6.45) is 4.09. The summed E-state index contributed by atoms with van der Waals surface area (Å²) in [6.45, 7) is 10.7. The summed E-state index contributed by atoms with van der Waals surface area (Å²) >= 11 is 0. The summed E-state index contributed by atoms with van der Waals surface area (Å²) in [5, 5.41) is 38.6. The van der Waals surface area contributed by atoms with Crippen molar-refractivity contribution in [1.82, 2.24) is 0 Å². The third-order valence-corrected chi connectivity index (χ3v) is 1.98. The molecule has 0 amide bonds. The van der Waals surface area contributed by atoms with Crippen molar-refractivity contribution in [2.75, 3.05) is 52.9 Å². The van der Waals surface area contributed by atoms with E-state index in [0.717, 1.165) is 24.3 Å². The molecule has 0 saturated carbocycles. The molecule has 0 bridgehead atoms. The molecule has 0 atom stereocenters. The van der Waals surface area contributed by atoms with Crippen molar-refractivity contribution in [1.29, 1.82) is 0 Å². The van der Waals surface area contributed by atoms with E-state index in [2.05, 4.69) is 45.3 Å². The fraction of sp³-hybridized carbons (Fsp3) is 0.400. The number of hydrogen-bond donors (Lipinski definition) is 0. The first-order chi connectivity index (χ1) is 15.2. The number of hydrogen-bond acceptors (Lipinski definition) is 12. The molecule has 0 unspecified atom stereocenters. The summed E-state index contributed by atoms with van der Waals surface area (Å²) in [5.74, 6) is -2.16. The molecule has 0 fully saturated rings. The minimum absolute atomic E-state index is 0. The zero-order chi connectivity index (χ0) is 25.6. The van der Waals surface area contributed by atoms with E-state index in [1.54, 1.807) is 0 Å². The SMILES string of the molecule is C=CC(=O)OCC[O-].C=CC(=O)OCC[O-].C=CC(=O)OCC[O-].C=CC(=O)OCC[O-].[Ru+4]. The molecule has 13 heteroatoms. The molecule has 12 nitrogen and oxygen atoms in total. The Morgan fingerprint density at radius 1 is 0.485 bits per heavy atom. The van der Waals surface area contributed by atoms with Crippen molar-refractivity contribution in [3.63, 3.8) is 0 Å². The molecule has 0 N–H and O–H groups in total. The molecule has 0 saturated heterocycles. The van der Waals surface area contributed by atoms with Crippen molar-refractivity contribution in [3.05, 3.63) is 50.6 Å². The monoisotopic (exact) mass is 562 g/mol. The average molecular weight is 562 g/mol. The van der Waals surface area contributed by atoms with Gasteiger partial charge in [-0.3, -0.25) is 0 Å². The molecule has 188 valence electrons. The van der Waals surface area contributed by atoms with Gasteiger partial charge >= 0.3 is 43.4 Å². The van der Waals surface area contributed by atoms with Crippen molar-refractivity contribution in [2.45, 2.75) is 0 Å². The zero-order valence-corrected chi connectivity index (χ0v) is 19.8. The first-order valence-electron chi connectivity index (χ1n) is 8.73. The fourth-order valence-electron chi connectivity index (χ4n) is 0.805. The van der Waals surface area contributed by atoms with Gasteiger partial charge in [-0.25, -0.2) is 19.2 Å². The summed E-state index contributed by atoms with van der Waals surface area (Å²) < 4.78 is 17.1. The van der Waals surface area contributed by atoms with Gasteiger partial charge in [0.2, 0.25) is 0 Å². The van der Waals surface area contributed by atoms with Gasteiger partial charge in [-0.1, -0.05) is 26.3 Å². The summed E-state index contributed by atoms with van der Waals surface area (Å²) in [7, 11) is 0. The van der Waals surface area contributed by atoms with Gasteiger partial charge in [0.15, 0.2) is 0 Å². The topological polar surface area (TPSA) is 197 Å². The van der Waals surface area contributed by atoms with E-state index in [-0.39, 0.29) is 72.3 Å². The first-order valence-corrected chi connectivity index (χ1v) is 8.73. The van der Waals surface area contributed by atoms with Gasteiger partial charge in [0.25, 0.3) is 0 Å². The van der Waals surface area contributed by atoms with Gasteiger partial charge in [-0.15, -0.1) is 26.4 Å². The maximum atomic E-state index is 10.1. The molecular formula is C20H28O12Ru. The number of rotatable bonds is 12. The Kier molecular flexibility index (Phi) is 45.2. The van der Waals surface area contributed by atoms with Gasteiger partial charge in [0, 0.05) is 24.3 Å². The standard InChI is InChI=1S/4C5H7O3.Ru/c4*1-2-5(7)8-4-3-6;/h4*2H,1,3-4H2;/q4*-1;+4. The predicted octanol–water partition coefficient (Wildman–Crippen LogP) is -3.70. The van der Waals surface area contributed by atoms with Crippen LogP contribution in [0.25, 0.3) is 0 Å². The molecule has 0 aliphatic heterocycles. The molecule has 0 aromatic rings. The second-order valence-electron chi connectivity index (χ2n) is 4.30. The van der Waals surface area contributed by atoms with Crippen molar-refractivity contribution in [2.24, 2.45) is 0 Å². The largest absolute Gasteiger partial charge is 4.00 e. The van der Waals surface area contributed by atoms with E-state index >= 15 is 0 Å². The van der Waals surface area contributed by atoms with E-state index < -0.39 is 23.9 Å². The Hall–Kier alpha value is -2.70. The molecule has 0 rings (SSSR count). The third kappa shape index (κ3) is 48.1. The van der Waals surface area contributed by atoms with Crippen LogP contribution in [0, 0.1) is 0 Å². The van der Waals surface area contributed by atoms with Crippen molar-refractivity contribution >= 4 is 23.9 Å². The molecule has 0 aliphatic rings. The second-order valence-corrected chi connectivity index (χ2v) is 4.30. The minimum atomic E-state index is -0.541. The van der Waals surface area contributed by atoms with Crippen LogP contribution in [0.3, 0.4) is 0 Å². The molecule has 0 heterocycles. The van der Waals surface area contributed by atoms with Crippen LogP contribution in [0.5, 0.6) is 0 Å². The van der Waals surface area contributed by atoms with E-state index in [9.17, 15) is 39.6 Å².